The Morgan fingerprint density at radius 1 is 1.23 bits per heavy atom. The normalized spacial score (nSPS) is 17.1. The number of hydrogen-bond donors (Lipinski definition) is 1. The topological polar surface area (TPSA) is 37.3 Å². The van der Waals surface area contributed by atoms with Crippen LogP contribution in [0.4, 0.5) is 0 Å². The largest absolute Gasteiger partial charge is 0.508 e. The molecule has 1 aromatic rings. The summed E-state index contributed by atoms with van der Waals surface area (Å²) in [5, 5.41) is 9.50. The molecule has 0 spiro atoms. The number of rotatable bonds is 2. The van der Waals surface area contributed by atoms with Crippen molar-refractivity contribution in [3.05, 3.63) is 24.3 Å². The van der Waals surface area contributed by atoms with Gasteiger partial charge < -0.3 is 5.11 Å². The summed E-state index contributed by atoms with van der Waals surface area (Å²) in [5.74, 6) is 0.644. The molecule has 0 amide bonds. The second-order valence-electron chi connectivity index (χ2n) is 3.18. The third-order valence-corrected chi connectivity index (χ3v) is 3.26. The Labute approximate surface area is 81.0 Å². The zero-order valence-corrected chi connectivity index (χ0v) is 7.88. The second-order valence-corrected chi connectivity index (χ2v) is 4.55. The van der Waals surface area contributed by atoms with E-state index in [4.69, 9.17) is 5.11 Å². The summed E-state index contributed by atoms with van der Waals surface area (Å²) in [5.41, 5.74) is 0. The van der Waals surface area contributed by atoms with E-state index in [1.165, 1.54) is 0 Å². The van der Waals surface area contributed by atoms with Crippen molar-refractivity contribution >= 4 is 17.5 Å². The van der Waals surface area contributed by atoms with Crippen LogP contribution in [0.2, 0.25) is 0 Å². The lowest BCUT2D eigenvalue weighted by Gasteiger charge is -2.23. The molecule has 0 bridgehead atoms. The maximum atomic E-state index is 10.7. The van der Waals surface area contributed by atoms with Gasteiger partial charge in [0.1, 0.15) is 11.5 Å². The summed E-state index contributed by atoms with van der Waals surface area (Å²) in [4.78, 5) is 11.8. The van der Waals surface area contributed by atoms with Gasteiger partial charge in [0.05, 0.1) is 0 Å². The summed E-state index contributed by atoms with van der Waals surface area (Å²) < 4.78 is 0. The maximum absolute atomic E-state index is 10.7. The van der Waals surface area contributed by atoms with Crippen LogP contribution in [0.5, 0.6) is 5.75 Å². The lowest BCUT2D eigenvalue weighted by atomic mass is 9.98. The molecule has 2 rings (SSSR count). The zero-order chi connectivity index (χ0) is 9.26. The molecule has 68 valence electrons. The zero-order valence-electron chi connectivity index (χ0n) is 7.06. The number of Topliss-reactive ketones (excluding diaryl/α,β-unsaturated/α-hetero) is 1. The van der Waals surface area contributed by atoms with Crippen molar-refractivity contribution in [2.24, 2.45) is 0 Å². The van der Waals surface area contributed by atoms with E-state index in [1.54, 1.807) is 23.9 Å². The molecule has 0 unspecified atom stereocenters. The highest BCUT2D eigenvalue weighted by atomic mass is 32.2. The summed E-state index contributed by atoms with van der Waals surface area (Å²) in [6.07, 6.45) is 1.40. The van der Waals surface area contributed by atoms with Gasteiger partial charge in [-0.05, 0) is 24.3 Å². The number of ketones is 1. The minimum Gasteiger partial charge on any atom is -0.508 e. The molecule has 1 aromatic carbocycles. The molecule has 1 fully saturated rings. The van der Waals surface area contributed by atoms with Gasteiger partial charge >= 0.3 is 0 Å². The monoisotopic (exact) mass is 194 g/mol. The first-order valence-electron chi connectivity index (χ1n) is 4.21. The highest BCUT2D eigenvalue weighted by Gasteiger charge is 2.26. The fourth-order valence-corrected chi connectivity index (χ4v) is 2.47. The minimum atomic E-state index is 0.286. The standard InChI is InChI=1S/C10H10O2S/c11-7-1-3-9(4-2-7)13-10-5-8(12)6-10/h1-4,10-11H,5-6H2. The van der Waals surface area contributed by atoms with Crippen LogP contribution in [-0.4, -0.2) is 16.1 Å². The number of hydrogen-bond acceptors (Lipinski definition) is 3. The van der Waals surface area contributed by atoms with Crippen LogP contribution in [0.25, 0.3) is 0 Å². The number of benzene rings is 1. The van der Waals surface area contributed by atoms with Crippen LogP contribution in [0, 0.1) is 0 Å². The van der Waals surface area contributed by atoms with E-state index in [2.05, 4.69) is 0 Å². The Morgan fingerprint density at radius 3 is 2.38 bits per heavy atom. The molecule has 0 saturated heterocycles. The van der Waals surface area contributed by atoms with Crippen LogP contribution in [0.15, 0.2) is 29.2 Å². The average Bonchev–Trinajstić information content (AvgIpc) is 2.06. The van der Waals surface area contributed by atoms with Gasteiger partial charge in [0.15, 0.2) is 0 Å². The van der Waals surface area contributed by atoms with Gasteiger partial charge in [-0.1, -0.05) is 0 Å². The molecule has 0 heterocycles. The number of thioether (sulfide) groups is 1. The van der Waals surface area contributed by atoms with Gasteiger partial charge in [-0.25, -0.2) is 0 Å². The molecule has 2 nitrogen and oxygen atoms in total. The number of phenolic OH excluding ortho intramolecular Hbond substituents is 1. The minimum absolute atomic E-state index is 0.286. The van der Waals surface area contributed by atoms with Crippen LogP contribution >= 0.6 is 11.8 Å². The molecular weight excluding hydrogens is 184 g/mol. The second kappa shape index (κ2) is 3.42. The Morgan fingerprint density at radius 2 is 1.85 bits per heavy atom. The molecule has 1 aliphatic rings. The first kappa shape index (κ1) is 8.63. The van der Waals surface area contributed by atoms with Gasteiger partial charge in [-0.15, -0.1) is 11.8 Å². The number of phenols is 1. The van der Waals surface area contributed by atoms with Gasteiger partial charge in [0.25, 0.3) is 0 Å². The Bertz CT molecular complexity index is 310. The van der Waals surface area contributed by atoms with Crippen molar-refractivity contribution in [1.82, 2.24) is 0 Å². The molecule has 3 heteroatoms. The summed E-state index contributed by atoms with van der Waals surface area (Å²) in [6, 6.07) is 7.09. The van der Waals surface area contributed by atoms with Crippen molar-refractivity contribution in [3.8, 4) is 5.75 Å². The number of aromatic hydroxyl groups is 1. The quantitative estimate of drug-likeness (QED) is 0.784. The predicted molar refractivity (Wildman–Crippen MR) is 52.0 cm³/mol. The molecule has 0 atom stereocenters. The van der Waals surface area contributed by atoms with Crippen LogP contribution in [-0.2, 0) is 4.79 Å². The van der Waals surface area contributed by atoms with Crippen LogP contribution in [0.1, 0.15) is 12.8 Å². The van der Waals surface area contributed by atoms with E-state index in [-0.39, 0.29) is 5.75 Å². The Kier molecular flexibility index (Phi) is 2.27. The Hall–Kier alpha value is -0.960. The fraction of sp³-hybridized carbons (Fsp3) is 0.300. The van der Waals surface area contributed by atoms with Crippen molar-refractivity contribution < 1.29 is 9.90 Å². The van der Waals surface area contributed by atoms with Crippen molar-refractivity contribution in [1.29, 1.82) is 0 Å². The predicted octanol–water partition coefficient (Wildman–Crippen LogP) is 2.22. The smallest absolute Gasteiger partial charge is 0.135 e. The van der Waals surface area contributed by atoms with Crippen LogP contribution < -0.4 is 0 Å². The molecule has 1 aliphatic carbocycles. The van der Waals surface area contributed by atoms with Crippen LogP contribution in [0.3, 0.4) is 0 Å². The molecule has 1 N–H and O–H groups in total. The first-order chi connectivity index (χ1) is 6.24. The van der Waals surface area contributed by atoms with Crippen molar-refractivity contribution in [3.63, 3.8) is 0 Å². The summed E-state index contributed by atoms with van der Waals surface area (Å²) >= 11 is 1.71. The van der Waals surface area contributed by atoms with Gasteiger partial charge in [0.2, 0.25) is 0 Å². The Balaban J connectivity index is 1.95. The third-order valence-electron chi connectivity index (χ3n) is 2.05. The summed E-state index contributed by atoms with van der Waals surface area (Å²) in [7, 11) is 0. The highest BCUT2D eigenvalue weighted by Crippen LogP contribution is 2.34. The number of carbonyl (C=O) groups is 1. The SMILES string of the molecule is O=C1CC(Sc2ccc(O)cc2)C1. The van der Waals surface area contributed by atoms with Gasteiger partial charge in [-0.3, -0.25) is 4.79 Å². The molecule has 0 aromatic heterocycles. The molecular formula is C10H10O2S. The van der Waals surface area contributed by atoms with E-state index in [9.17, 15) is 4.79 Å². The summed E-state index contributed by atoms with van der Waals surface area (Å²) in [6.45, 7) is 0. The first-order valence-corrected chi connectivity index (χ1v) is 5.09. The highest BCUT2D eigenvalue weighted by molar-refractivity contribution is 8.00. The van der Waals surface area contributed by atoms with E-state index in [0.717, 1.165) is 4.90 Å². The number of carbonyl (C=O) groups excluding carboxylic acids is 1. The molecule has 0 radical (unpaired) electrons. The van der Waals surface area contributed by atoms with Gasteiger partial charge in [-0.2, -0.15) is 0 Å². The molecule has 0 aliphatic heterocycles. The van der Waals surface area contributed by atoms with E-state index < -0.39 is 0 Å². The van der Waals surface area contributed by atoms with Crippen molar-refractivity contribution in [2.75, 3.05) is 0 Å². The van der Waals surface area contributed by atoms with Gasteiger partial charge in [0, 0.05) is 23.0 Å². The van der Waals surface area contributed by atoms with E-state index in [1.807, 2.05) is 12.1 Å². The van der Waals surface area contributed by atoms with E-state index >= 15 is 0 Å². The van der Waals surface area contributed by atoms with Crippen molar-refractivity contribution in [2.45, 2.75) is 23.0 Å². The molecule has 13 heavy (non-hydrogen) atoms. The third kappa shape index (κ3) is 2.04. The lowest BCUT2D eigenvalue weighted by molar-refractivity contribution is -0.123. The lowest BCUT2D eigenvalue weighted by Crippen LogP contribution is -2.25. The maximum Gasteiger partial charge on any atom is 0.135 e. The van der Waals surface area contributed by atoms with E-state index in [0.29, 0.717) is 23.9 Å². The average molecular weight is 194 g/mol. The molecule has 1 saturated carbocycles. The fourth-order valence-electron chi connectivity index (χ4n) is 1.25.